The van der Waals surface area contributed by atoms with E-state index < -0.39 is 0 Å². The molecule has 0 amide bonds. The average molecular weight is 289 g/mol. The van der Waals surface area contributed by atoms with E-state index in [0.29, 0.717) is 6.04 Å². The first-order valence-electron chi connectivity index (χ1n) is 8.38. The minimum absolute atomic E-state index is 0.0514. The lowest BCUT2D eigenvalue weighted by Gasteiger charge is -2.40. The van der Waals surface area contributed by atoms with E-state index in [9.17, 15) is 0 Å². The van der Waals surface area contributed by atoms with Crippen LogP contribution in [-0.2, 0) is 0 Å². The van der Waals surface area contributed by atoms with Crippen molar-refractivity contribution in [2.75, 3.05) is 6.54 Å². The molecule has 0 saturated heterocycles. The number of benzene rings is 1. The Kier molecular flexibility index (Phi) is 4.98. The van der Waals surface area contributed by atoms with Gasteiger partial charge in [0.1, 0.15) is 11.4 Å². The third-order valence-corrected chi connectivity index (χ3v) is 4.85. The van der Waals surface area contributed by atoms with E-state index in [4.69, 9.17) is 4.74 Å². The third-order valence-electron chi connectivity index (χ3n) is 4.85. The first-order valence-corrected chi connectivity index (χ1v) is 8.38. The van der Waals surface area contributed by atoms with Crippen LogP contribution in [0.2, 0.25) is 0 Å². The average Bonchev–Trinajstić information content (AvgIpc) is 2.40. The SMILES string of the molecule is CCC1(C)CC(NCCC(C)C)c2cc(C)c(C)cc2O1. The van der Waals surface area contributed by atoms with Crippen molar-refractivity contribution in [1.29, 1.82) is 0 Å². The van der Waals surface area contributed by atoms with Gasteiger partial charge in [-0.1, -0.05) is 26.8 Å². The van der Waals surface area contributed by atoms with Crippen LogP contribution in [0.4, 0.5) is 0 Å². The Hall–Kier alpha value is -1.02. The zero-order valence-electron chi connectivity index (χ0n) is 14.5. The molecule has 1 aliphatic rings. The highest BCUT2D eigenvalue weighted by atomic mass is 16.5. The fourth-order valence-electron chi connectivity index (χ4n) is 2.97. The van der Waals surface area contributed by atoms with Gasteiger partial charge in [-0.3, -0.25) is 0 Å². The largest absolute Gasteiger partial charge is 0.487 e. The fourth-order valence-corrected chi connectivity index (χ4v) is 2.97. The Balaban J connectivity index is 2.25. The molecule has 21 heavy (non-hydrogen) atoms. The Morgan fingerprint density at radius 2 is 1.95 bits per heavy atom. The maximum Gasteiger partial charge on any atom is 0.125 e. The summed E-state index contributed by atoms with van der Waals surface area (Å²) >= 11 is 0. The number of hydrogen-bond donors (Lipinski definition) is 1. The molecule has 2 unspecified atom stereocenters. The van der Waals surface area contributed by atoms with E-state index in [0.717, 1.165) is 31.1 Å². The summed E-state index contributed by atoms with van der Waals surface area (Å²) in [7, 11) is 0. The van der Waals surface area contributed by atoms with Gasteiger partial charge in [-0.2, -0.15) is 0 Å². The van der Waals surface area contributed by atoms with Gasteiger partial charge in [0.2, 0.25) is 0 Å². The molecule has 0 bridgehead atoms. The fraction of sp³-hybridized carbons (Fsp3) is 0.684. The van der Waals surface area contributed by atoms with Crippen molar-refractivity contribution in [1.82, 2.24) is 5.32 Å². The van der Waals surface area contributed by atoms with Crippen molar-refractivity contribution < 1.29 is 4.74 Å². The maximum atomic E-state index is 6.32. The molecule has 2 heteroatoms. The highest BCUT2D eigenvalue weighted by Gasteiger charge is 2.36. The monoisotopic (exact) mass is 289 g/mol. The summed E-state index contributed by atoms with van der Waals surface area (Å²) in [5.74, 6) is 1.82. The van der Waals surface area contributed by atoms with Gasteiger partial charge in [0.05, 0.1) is 0 Å². The summed E-state index contributed by atoms with van der Waals surface area (Å²) in [6.07, 6.45) is 3.32. The molecule has 1 aliphatic heterocycles. The topological polar surface area (TPSA) is 21.3 Å². The van der Waals surface area contributed by atoms with Gasteiger partial charge in [-0.05, 0) is 63.3 Å². The molecule has 1 heterocycles. The normalized spacial score (nSPS) is 24.8. The first-order chi connectivity index (χ1) is 9.84. The number of rotatable bonds is 5. The standard InChI is InChI=1S/C19H31NO/c1-7-19(6)12-17(20-9-8-13(2)3)16-10-14(4)15(5)11-18(16)21-19/h10-11,13,17,20H,7-9,12H2,1-6H3. The van der Waals surface area contributed by atoms with E-state index in [1.807, 2.05) is 0 Å². The van der Waals surface area contributed by atoms with E-state index in [1.54, 1.807) is 0 Å². The molecule has 0 aromatic heterocycles. The summed E-state index contributed by atoms with van der Waals surface area (Å²) in [6, 6.07) is 4.94. The predicted molar refractivity (Wildman–Crippen MR) is 90.1 cm³/mol. The van der Waals surface area contributed by atoms with Crippen LogP contribution >= 0.6 is 0 Å². The summed E-state index contributed by atoms with van der Waals surface area (Å²) < 4.78 is 6.32. The van der Waals surface area contributed by atoms with E-state index in [2.05, 4.69) is 59.0 Å². The molecule has 0 aliphatic carbocycles. The molecule has 0 radical (unpaired) electrons. The molecule has 1 aromatic rings. The Morgan fingerprint density at radius 1 is 1.29 bits per heavy atom. The van der Waals surface area contributed by atoms with Crippen LogP contribution in [0, 0.1) is 19.8 Å². The smallest absolute Gasteiger partial charge is 0.125 e. The van der Waals surface area contributed by atoms with Crippen LogP contribution in [0.1, 0.15) is 69.7 Å². The van der Waals surface area contributed by atoms with Gasteiger partial charge in [-0.15, -0.1) is 0 Å². The maximum absolute atomic E-state index is 6.32. The van der Waals surface area contributed by atoms with Crippen LogP contribution in [0.3, 0.4) is 0 Å². The first kappa shape index (κ1) is 16.4. The van der Waals surface area contributed by atoms with Crippen LogP contribution < -0.4 is 10.1 Å². The molecule has 0 fully saturated rings. The summed E-state index contributed by atoms with van der Waals surface area (Å²) in [5.41, 5.74) is 3.96. The second-order valence-electron chi connectivity index (χ2n) is 7.27. The number of fused-ring (bicyclic) bond motifs is 1. The molecule has 0 saturated carbocycles. The highest BCUT2D eigenvalue weighted by molar-refractivity contribution is 5.45. The summed E-state index contributed by atoms with van der Waals surface area (Å²) in [4.78, 5) is 0. The number of ether oxygens (including phenoxy) is 1. The lowest BCUT2D eigenvalue weighted by molar-refractivity contribution is 0.0440. The van der Waals surface area contributed by atoms with Gasteiger partial charge in [-0.25, -0.2) is 0 Å². The van der Waals surface area contributed by atoms with Gasteiger partial charge < -0.3 is 10.1 Å². The Labute approximate surface area is 130 Å². The summed E-state index contributed by atoms with van der Waals surface area (Å²) in [6.45, 7) is 14.5. The second-order valence-corrected chi connectivity index (χ2v) is 7.27. The van der Waals surface area contributed by atoms with E-state index >= 15 is 0 Å². The Bertz CT molecular complexity index is 495. The molecular weight excluding hydrogens is 258 g/mol. The second kappa shape index (κ2) is 6.39. The van der Waals surface area contributed by atoms with Gasteiger partial charge in [0.15, 0.2) is 0 Å². The number of aryl methyl sites for hydroxylation is 2. The van der Waals surface area contributed by atoms with Crippen LogP contribution in [0.5, 0.6) is 5.75 Å². The minimum Gasteiger partial charge on any atom is -0.487 e. The molecule has 1 N–H and O–H groups in total. The minimum atomic E-state index is -0.0514. The van der Waals surface area contributed by atoms with Crippen molar-refractivity contribution in [3.05, 3.63) is 28.8 Å². The highest BCUT2D eigenvalue weighted by Crippen LogP contribution is 2.42. The molecule has 1 aromatic carbocycles. The molecule has 2 atom stereocenters. The van der Waals surface area contributed by atoms with Gasteiger partial charge >= 0.3 is 0 Å². The molecule has 118 valence electrons. The van der Waals surface area contributed by atoms with Crippen molar-refractivity contribution in [2.24, 2.45) is 5.92 Å². The summed E-state index contributed by atoms with van der Waals surface area (Å²) in [5, 5.41) is 3.77. The lowest BCUT2D eigenvalue weighted by Crippen LogP contribution is -2.41. The molecular formula is C19H31NO. The van der Waals surface area contributed by atoms with Crippen molar-refractivity contribution in [2.45, 2.75) is 72.4 Å². The predicted octanol–water partition coefficient (Wildman–Crippen LogP) is 4.93. The third kappa shape index (κ3) is 3.79. The number of hydrogen-bond acceptors (Lipinski definition) is 2. The van der Waals surface area contributed by atoms with Crippen LogP contribution in [0.25, 0.3) is 0 Å². The quantitative estimate of drug-likeness (QED) is 0.829. The van der Waals surface area contributed by atoms with Gasteiger partial charge in [0.25, 0.3) is 0 Å². The van der Waals surface area contributed by atoms with Crippen molar-refractivity contribution in [3.63, 3.8) is 0 Å². The van der Waals surface area contributed by atoms with Crippen molar-refractivity contribution in [3.8, 4) is 5.75 Å². The Morgan fingerprint density at radius 3 is 2.57 bits per heavy atom. The zero-order valence-corrected chi connectivity index (χ0v) is 14.5. The van der Waals surface area contributed by atoms with E-state index in [1.165, 1.54) is 23.1 Å². The number of nitrogens with one attached hydrogen (secondary N) is 1. The van der Waals surface area contributed by atoms with E-state index in [-0.39, 0.29) is 5.60 Å². The molecule has 2 nitrogen and oxygen atoms in total. The molecule has 2 rings (SSSR count). The van der Waals surface area contributed by atoms with Crippen LogP contribution in [-0.4, -0.2) is 12.1 Å². The van der Waals surface area contributed by atoms with Gasteiger partial charge in [0, 0.05) is 18.0 Å². The lowest BCUT2D eigenvalue weighted by atomic mass is 9.85. The van der Waals surface area contributed by atoms with Crippen LogP contribution in [0.15, 0.2) is 12.1 Å². The van der Waals surface area contributed by atoms with Crippen molar-refractivity contribution >= 4 is 0 Å². The zero-order chi connectivity index (χ0) is 15.6. The molecule has 0 spiro atoms.